The fraction of sp³-hybridized carbons (Fsp3) is 0.333. The van der Waals surface area contributed by atoms with E-state index in [1.54, 1.807) is 6.92 Å². The fourth-order valence-corrected chi connectivity index (χ4v) is 6.23. The van der Waals surface area contributed by atoms with E-state index in [0.717, 1.165) is 33.4 Å². The molecule has 10 nitrogen and oxygen atoms in total. The summed E-state index contributed by atoms with van der Waals surface area (Å²) in [5.74, 6) is -0.646. The van der Waals surface area contributed by atoms with Crippen LogP contribution in [0.4, 0.5) is 0 Å². The number of ether oxygens (including phenoxy) is 2. The number of hydrogen-bond acceptors (Lipinski definition) is 9. The minimum absolute atomic E-state index is 0.113. The van der Waals surface area contributed by atoms with Gasteiger partial charge < -0.3 is 19.6 Å². The monoisotopic (exact) mass is 622 g/mol. The van der Waals surface area contributed by atoms with Crippen molar-refractivity contribution in [2.24, 2.45) is 15.0 Å². The first kappa shape index (κ1) is 32.3. The highest BCUT2D eigenvalue weighted by Gasteiger charge is 2.28. The Bertz CT molecular complexity index is 2010. The topological polar surface area (TPSA) is 143 Å². The summed E-state index contributed by atoms with van der Waals surface area (Å²) in [4.78, 5) is 55.5. The molecule has 0 unspecified atom stereocenters. The number of aliphatic hydroxyl groups is 1. The van der Waals surface area contributed by atoms with E-state index in [4.69, 9.17) is 24.5 Å². The smallest absolute Gasteiger partial charge is 0.305 e. The summed E-state index contributed by atoms with van der Waals surface area (Å²) in [7, 11) is 2.73. The molecule has 4 aliphatic rings. The molecule has 0 amide bonds. The molecule has 0 saturated carbocycles. The van der Waals surface area contributed by atoms with Gasteiger partial charge in [0.2, 0.25) is 0 Å². The standard InChI is InChI=1S/C36H38N4O6/c1-17-23(9-11-33(43)45-7)29-16-30-24(10-12-34(44)46-8)18(2)26(38-30)14-31-36(22(6)42)20(4)28(40-31)15-32-35(21(5)41)19(3)27(39-32)13-25(17)37-29/h13-16,40,42H,9-12H2,1-8H3. The number of allylic oxidation sites excluding steroid dienone is 8. The number of carbonyl (C=O) groups is 3. The zero-order valence-corrected chi connectivity index (χ0v) is 27.5. The highest BCUT2D eigenvalue weighted by atomic mass is 16.5. The molecule has 0 saturated heterocycles. The number of aromatic amines is 1. The van der Waals surface area contributed by atoms with E-state index in [2.05, 4.69) is 4.98 Å². The van der Waals surface area contributed by atoms with Crippen molar-refractivity contribution in [1.82, 2.24) is 4.98 Å². The maximum atomic E-state index is 12.9. The molecular weight excluding hydrogens is 584 g/mol. The van der Waals surface area contributed by atoms with Crippen LogP contribution in [0.2, 0.25) is 0 Å². The molecule has 0 spiro atoms. The Hall–Kier alpha value is -5.12. The van der Waals surface area contributed by atoms with Gasteiger partial charge in [-0.15, -0.1) is 0 Å². The molecule has 2 N–H and O–H groups in total. The number of H-pyrrole nitrogens is 1. The second-order valence-electron chi connectivity index (χ2n) is 11.7. The highest BCUT2D eigenvalue weighted by molar-refractivity contribution is 6.24. The highest BCUT2D eigenvalue weighted by Crippen LogP contribution is 2.36. The Labute approximate surface area is 267 Å². The Balaban J connectivity index is 1.83. The lowest BCUT2D eigenvalue weighted by atomic mass is 9.96. The van der Waals surface area contributed by atoms with Gasteiger partial charge in [0, 0.05) is 29.3 Å². The first-order valence-electron chi connectivity index (χ1n) is 15.1. The number of hydrogen-bond donors (Lipinski definition) is 2. The molecular formula is C36H38N4O6. The van der Waals surface area contributed by atoms with Crippen LogP contribution in [0.5, 0.6) is 0 Å². The molecule has 5 rings (SSSR count). The zero-order chi connectivity index (χ0) is 33.4. The molecule has 0 aromatic carbocycles. The second kappa shape index (κ2) is 12.7. The van der Waals surface area contributed by atoms with Crippen LogP contribution >= 0.6 is 0 Å². The number of fused-ring (bicyclic) bond motifs is 5. The number of carbonyl (C=O) groups excluding carboxylic acids is 3. The van der Waals surface area contributed by atoms with Gasteiger partial charge in [-0.3, -0.25) is 14.4 Å². The normalized spacial score (nSPS) is 18.0. The van der Waals surface area contributed by atoms with Crippen LogP contribution < -0.4 is 10.6 Å². The number of nitrogens with zero attached hydrogens (tertiary/aromatic N) is 3. The van der Waals surface area contributed by atoms with Crippen molar-refractivity contribution in [3.8, 4) is 0 Å². The molecule has 0 aliphatic carbocycles. The van der Waals surface area contributed by atoms with E-state index in [1.807, 2.05) is 52.0 Å². The first-order valence-corrected chi connectivity index (χ1v) is 15.1. The summed E-state index contributed by atoms with van der Waals surface area (Å²) in [6.45, 7) is 10.8. The van der Waals surface area contributed by atoms with Gasteiger partial charge in [-0.2, -0.15) is 0 Å². The lowest BCUT2D eigenvalue weighted by Gasteiger charge is -2.08. The molecule has 1 aromatic heterocycles. The first-order chi connectivity index (χ1) is 21.8. The maximum absolute atomic E-state index is 12.9. The Morgan fingerprint density at radius 3 is 1.89 bits per heavy atom. The van der Waals surface area contributed by atoms with Crippen LogP contribution in [0.1, 0.15) is 71.6 Å². The van der Waals surface area contributed by atoms with Crippen LogP contribution in [-0.2, 0) is 23.9 Å². The van der Waals surface area contributed by atoms with Crippen molar-refractivity contribution in [2.75, 3.05) is 14.2 Å². The number of methoxy groups -OCH3 is 2. The fourth-order valence-electron chi connectivity index (χ4n) is 6.23. The van der Waals surface area contributed by atoms with Gasteiger partial charge in [0.1, 0.15) is 0 Å². The molecule has 1 aromatic rings. The molecule has 8 bridgehead atoms. The number of ketones is 1. The maximum Gasteiger partial charge on any atom is 0.305 e. The summed E-state index contributed by atoms with van der Waals surface area (Å²) in [6.07, 6.45) is 8.59. The van der Waals surface area contributed by atoms with Crippen LogP contribution in [0.3, 0.4) is 0 Å². The third-order valence-electron chi connectivity index (χ3n) is 8.78. The van der Waals surface area contributed by atoms with Crippen molar-refractivity contribution in [2.45, 2.75) is 67.2 Å². The van der Waals surface area contributed by atoms with Crippen LogP contribution in [0.15, 0.2) is 77.7 Å². The predicted octanol–water partition coefficient (Wildman–Crippen LogP) is 4.72. The minimum Gasteiger partial charge on any atom is -0.512 e. The Morgan fingerprint density at radius 2 is 1.28 bits per heavy atom. The summed E-state index contributed by atoms with van der Waals surface area (Å²) in [6, 6.07) is 0. The average molecular weight is 623 g/mol. The van der Waals surface area contributed by atoms with Gasteiger partial charge in [0.15, 0.2) is 5.78 Å². The second-order valence-corrected chi connectivity index (χ2v) is 11.7. The van der Waals surface area contributed by atoms with Gasteiger partial charge in [0.25, 0.3) is 0 Å². The molecule has 10 heteroatoms. The van der Waals surface area contributed by atoms with Gasteiger partial charge in [-0.25, -0.2) is 15.0 Å². The molecule has 0 fully saturated rings. The van der Waals surface area contributed by atoms with E-state index in [1.165, 1.54) is 21.1 Å². The summed E-state index contributed by atoms with van der Waals surface area (Å²) >= 11 is 0. The summed E-state index contributed by atoms with van der Waals surface area (Å²) in [5.41, 5.74) is 9.97. The van der Waals surface area contributed by atoms with E-state index < -0.39 is 0 Å². The number of nitrogens with one attached hydrogen (secondary N) is 1. The third kappa shape index (κ3) is 5.94. The summed E-state index contributed by atoms with van der Waals surface area (Å²) < 4.78 is 9.83. The van der Waals surface area contributed by atoms with Crippen molar-refractivity contribution < 1.29 is 29.0 Å². The van der Waals surface area contributed by atoms with Crippen molar-refractivity contribution >= 4 is 52.8 Å². The molecule has 238 valence electrons. The van der Waals surface area contributed by atoms with Crippen LogP contribution in [0.25, 0.3) is 17.9 Å². The number of Topliss-reactive ketones (excluding diaryl/α,β-unsaturated/α-hetero) is 1. The quantitative estimate of drug-likeness (QED) is 0.422. The van der Waals surface area contributed by atoms with E-state index >= 15 is 0 Å². The Kier molecular flexibility index (Phi) is 8.92. The molecule has 0 radical (unpaired) electrons. The average Bonchev–Trinajstić information content (AvgIpc) is 3.67. The number of esters is 2. The largest absolute Gasteiger partial charge is 0.512 e. The minimum atomic E-state index is -0.333. The van der Waals surface area contributed by atoms with Gasteiger partial charge in [0.05, 0.1) is 59.6 Å². The van der Waals surface area contributed by atoms with Gasteiger partial charge >= 0.3 is 11.9 Å². The molecule has 5 heterocycles. The third-order valence-corrected chi connectivity index (χ3v) is 8.78. The lowest BCUT2D eigenvalue weighted by molar-refractivity contribution is -0.141. The van der Waals surface area contributed by atoms with E-state index in [9.17, 15) is 19.5 Å². The number of aliphatic imine (C=N–C) groups is 3. The van der Waals surface area contributed by atoms with Crippen molar-refractivity contribution in [1.29, 1.82) is 0 Å². The van der Waals surface area contributed by atoms with Crippen molar-refractivity contribution in [3.63, 3.8) is 0 Å². The predicted molar refractivity (Wildman–Crippen MR) is 179 cm³/mol. The van der Waals surface area contributed by atoms with Gasteiger partial charge in [-0.1, -0.05) is 0 Å². The van der Waals surface area contributed by atoms with Crippen LogP contribution in [0, 0.1) is 6.92 Å². The summed E-state index contributed by atoms with van der Waals surface area (Å²) in [5, 5.41) is 12.0. The number of aliphatic hydroxyl groups excluding tert-OH is 1. The number of aromatic nitrogens is 1. The van der Waals surface area contributed by atoms with E-state index in [-0.39, 0.29) is 36.3 Å². The van der Waals surface area contributed by atoms with E-state index in [0.29, 0.717) is 68.9 Å². The molecule has 4 aliphatic heterocycles. The SMILES string of the molecule is COC(=O)CCC1=C(C)C2=NC1=CC1=NC(=CC3=NC(=Cc4[nH]c(c(=C(C)O)c4C)=C2)C(C(C)=O)=C3C)C(C)=C1CCC(=O)OC. The Morgan fingerprint density at radius 1 is 0.717 bits per heavy atom. The zero-order valence-electron chi connectivity index (χ0n) is 27.5. The molecule has 46 heavy (non-hydrogen) atoms. The van der Waals surface area contributed by atoms with Gasteiger partial charge in [-0.05, 0) is 112 Å². The lowest BCUT2D eigenvalue weighted by Crippen LogP contribution is -2.27. The number of rotatable bonds is 7. The van der Waals surface area contributed by atoms with Crippen LogP contribution in [-0.4, -0.2) is 59.2 Å². The molecule has 0 atom stereocenters. The van der Waals surface area contributed by atoms with Crippen molar-refractivity contribution in [3.05, 3.63) is 84.5 Å².